The molecule has 2 N–H and O–H groups in total. The number of halogens is 1. The van der Waals surface area contributed by atoms with Gasteiger partial charge < -0.3 is 43.5 Å². The van der Waals surface area contributed by atoms with E-state index in [1.54, 1.807) is 59.2 Å². The van der Waals surface area contributed by atoms with Crippen molar-refractivity contribution in [3.05, 3.63) is 46.5 Å². The Hall–Kier alpha value is -3.69. The van der Waals surface area contributed by atoms with Gasteiger partial charge in [-0.25, -0.2) is 9.59 Å². The van der Waals surface area contributed by atoms with Crippen LogP contribution in [0.3, 0.4) is 0 Å². The number of methoxy groups -OCH3 is 2. The Morgan fingerprint density at radius 3 is 2.50 bits per heavy atom. The van der Waals surface area contributed by atoms with E-state index in [2.05, 4.69) is 5.32 Å². The van der Waals surface area contributed by atoms with Gasteiger partial charge in [0.05, 0.1) is 25.3 Å². The summed E-state index contributed by atoms with van der Waals surface area (Å²) in [5, 5.41) is 14.5. The van der Waals surface area contributed by atoms with Crippen molar-refractivity contribution in [1.29, 1.82) is 0 Å². The Labute approximate surface area is 323 Å². The molecule has 2 saturated heterocycles. The number of esters is 1. The van der Waals surface area contributed by atoms with Gasteiger partial charge in [0.1, 0.15) is 40.7 Å². The molecule has 0 aromatic heterocycles. The number of nitrogens with zero attached hydrogens (tertiary/aromatic N) is 3. The van der Waals surface area contributed by atoms with Crippen LogP contribution in [0.2, 0.25) is 5.02 Å². The fraction of sp³-hybridized carbons (Fsp3) is 0.641. The largest absolute Gasteiger partial charge is 0.495 e. The fourth-order valence-corrected chi connectivity index (χ4v) is 7.24. The number of epoxide rings is 1. The highest BCUT2D eigenvalue weighted by molar-refractivity contribution is 6.35. The van der Waals surface area contributed by atoms with Crippen molar-refractivity contribution in [3.63, 3.8) is 0 Å². The van der Waals surface area contributed by atoms with E-state index in [4.69, 9.17) is 35.3 Å². The van der Waals surface area contributed by atoms with Crippen molar-refractivity contribution >= 4 is 41.2 Å². The first-order valence-corrected chi connectivity index (χ1v) is 18.7. The highest BCUT2D eigenvalue weighted by Gasteiger charge is 2.64. The third-order valence-corrected chi connectivity index (χ3v) is 11.5. The van der Waals surface area contributed by atoms with E-state index in [9.17, 15) is 24.3 Å². The number of nitrogens with one attached hydrogen (secondary N) is 1. The summed E-state index contributed by atoms with van der Waals surface area (Å²) in [6, 6.07) is 2.87. The molecule has 1 aromatic carbocycles. The second kappa shape index (κ2) is 17.4. The number of hydrogen-bond acceptors (Lipinski definition) is 11. The van der Waals surface area contributed by atoms with Gasteiger partial charge in [-0.05, 0) is 65.8 Å². The lowest BCUT2D eigenvalue weighted by atomic mass is 9.83. The summed E-state index contributed by atoms with van der Waals surface area (Å²) in [5.41, 5.74) is -0.901. The average molecular weight is 777 g/mol. The predicted molar refractivity (Wildman–Crippen MR) is 203 cm³/mol. The second-order valence-corrected chi connectivity index (χ2v) is 15.6. The van der Waals surface area contributed by atoms with Crippen LogP contribution in [-0.4, -0.2) is 129 Å². The Kier molecular flexibility index (Phi) is 13.9. The number of allylic oxidation sites excluding steroid dienone is 3. The highest BCUT2D eigenvalue weighted by Crippen LogP contribution is 2.49. The van der Waals surface area contributed by atoms with E-state index < -0.39 is 65.7 Å². The van der Waals surface area contributed by atoms with Crippen LogP contribution < -0.4 is 15.0 Å². The Morgan fingerprint density at radius 1 is 1.19 bits per heavy atom. The summed E-state index contributed by atoms with van der Waals surface area (Å²) in [6.45, 7) is 11.6. The smallest absolute Gasteiger partial charge is 0.409 e. The molecule has 54 heavy (non-hydrogen) atoms. The minimum absolute atomic E-state index is 0.0480. The third kappa shape index (κ3) is 9.57. The van der Waals surface area contributed by atoms with Crippen molar-refractivity contribution in [3.8, 4) is 5.75 Å². The maximum absolute atomic E-state index is 14.2. The zero-order chi connectivity index (χ0) is 40.3. The molecule has 0 radical (unpaired) electrons. The van der Waals surface area contributed by atoms with Crippen molar-refractivity contribution in [2.24, 2.45) is 5.92 Å². The molecule has 3 heterocycles. The number of rotatable bonds is 9. The number of aliphatic hydroxyl groups is 1. The molecule has 3 aliphatic rings. The van der Waals surface area contributed by atoms with Gasteiger partial charge in [0.15, 0.2) is 5.72 Å². The maximum atomic E-state index is 14.2. The van der Waals surface area contributed by atoms with Crippen LogP contribution >= 0.6 is 11.6 Å². The van der Waals surface area contributed by atoms with Crippen molar-refractivity contribution in [2.45, 2.75) is 115 Å². The molecule has 3 amide bonds. The number of anilines is 1. The van der Waals surface area contributed by atoms with Gasteiger partial charge >= 0.3 is 12.1 Å². The molecule has 2 fully saturated rings. The third-order valence-electron chi connectivity index (χ3n) is 11.1. The first kappa shape index (κ1) is 43.0. The lowest BCUT2D eigenvalue weighted by Crippen LogP contribution is -2.63. The molecule has 8 atom stereocenters. The van der Waals surface area contributed by atoms with Crippen molar-refractivity contribution < 1.29 is 48.0 Å². The minimum atomic E-state index is -1.82. The van der Waals surface area contributed by atoms with Crippen molar-refractivity contribution in [2.75, 3.05) is 46.8 Å². The number of amides is 3. The first-order valence-electron chi connectivity index (χ1n) is 18.3. The van der Waals surface area contributed by atoms with E-state index in [1.165, 1.54) is 24.0 Å². The summed E-state index contributed by atoms with van der Waals surface area (Å²) in [4.78, 5) is 58.7. The van der Waals surface area contributed by atoms with Crippen molar-refractivity contribution in [1.82, 2.24) is 15.1 Å². The lowest BCUT2D eigenvalue weighted by Gasteiger charge is -2.42. The predicted octanol–water partition coefficient (Wildman–Crippen LogP) is 4.24. The zero-order valence-corrected chi connectivity index (χ0v) is 34.1. The van der Waals surface area contributed by atoms with Gasteiger partial charge in [-0.1, -0.05) is 42.3 Å². The van der Waals surface area contributed by atoms with Crippen LogP contribution in [0.4, 0.5) is 10.5 Å². The minimum Gasteiger partial charge on any atom is -0.495 e. The molecule has 0 aliphatic carbocycles. The average Bonchev–Trinajstić information content (AvgIpc) is 3.82. The summed E-state index contributed by atoms with van der Waals surface area (Å²) in [6.07, 6.45) is 1.17. The molecule has 0 saturated carbocycles. The van der Waals surface area contributed by atoms with E-state index in [0.29, 0.717) is 24.4 Å². The van der Waals surface area contributed by atoms with Gasteiger partial charge in [0.25, 0.3) is 0 Å². The summed E-state index contributed by atoms with van der Waals surface area (Å²) >= 11 is 6.77. The van der Waals surface area contributed by atoms with E-state index in [1.807, 2.05) is 38.8 Å². The molecule has 0 unspecified atom stereocenters. The number of carbonyl (C=O) groups excluding carboxylic acids is 4. The summed E-state index contributed by atoms with van der Waals surface area (Å²) < 4.78 is 29.3. The Balaban J connectivity index is 1.72. The van der Waals surface area contributed by atoms with Crippen LogP contribution in [0.5, 0.6) is 5.75 Å². The zero-order valence-electron chi connectivity index (χ0n) is 33.3. The van der Waals surface area contributed by atoms with E-state index >= 15 is 0 Å². The number of benzene rings is 1. The van der Waals surface area contributed by atoms with Gasteiger partial charge in [0, 0.05) is 52.6 Å². The van der Waals surface area contributed by atoms with Crippen LogP contribution in [0, 0.1) is 5.92 Å². The quantitative estimate of drug-likeness (QED) is 0.273. The molecule has 15 heteroatoms. The Bertz CT molecular complexity index is 1640. The number of carbonyl (C=O) groups is 4. The lowest BCUT2D eigenvalue weighted by molar-refractivity contribution is -0.162. The molecular formula is C39H57ClN4O10. The first-order chi connectivity index (χ1) is 25.3. The Morgan fingerprint density at radius 2 is 1.87 bits per heavy atom. The molecule has 3 aliphatic heterocycles. The topological polar surface area (TPSA) is 160 Å². The molecule has 4 rings (SSSR count). The monoisotopic (exact) mass is 776 g/mol. The van der Waals surface area contributed by atoms with E-state index in [-0.39, 0.29) is 36.2 Å². The molecule has 4 bridgehead atoms. The number of fused-ring (bicyclic) bond motifs is 5. The van der Waals surface area contributed by atoms with Gasteiger partial charge in [-0.3, -0.25) is 14.9 Å². The standard InChI is InChI=1S/C39H57ClN4O10/c1-22(2)42(7)16-15-32(45)43(8)25(5)36(47)53-31-20-33(46)44(9)27-18-26(19-28(50-10)34(27)40)17-23(3)13-12-14-30(51-11)39(49)21-29(52-37(48)41-39)24(4)35-38(31,6)54-35/h12-14,18-19,22,24-25,29-31,35,49H,15-17,20-21H2,1-11H3,(H,41,48)/b14-12+,23-13+/t24-,25+,29+,30-,31+,35+,38+,39+/m1/s1. The van der Waals surface area contributed by atoms with Crippen LogP contribution in [0.25, 0.3) is 0 Å². The van der Waals surface area contributed by atoms with E-state index in [0.717, 1.165) is 11.1 Å². The van der Waals surface area contributed by atoms with Gasteiger partial charge in [-0.2, -0.15) is 0 Å². The summed E-state index contributed by atoms with van der Waals surface area (Å²) in [7, 11) is 7.98. The number of hydrogen-bond donors (Lipinski definition) is 2. The number of alkyl carbamates (subject to hydrolysis) is 1. The molecule has 0 spiro atoms. The number of likely N-dealkylation sites (N-methyl/N-ethyl adjacent to an activating group) is 1. The normalized spacial score (nSPS) is 31.1. The fourth-order valence-electron chi connectivity index (χ4n) is 6.92. The van der Waals surface area contributed by atoms with Gasteiger partial charge in [0.2, 0.25) is 11.8 Å². The molecule has 14 nitrogen and oxygen atoms in total. The van der Waals surface area contributed by atoms with Crippen LogP contribution in [0.15, 0.2) is 35.9 Å². The summed E-state index contributed by atoms with van der Waals surface area (Å²) in [5.74, 6) is -1.53. The van der Waals surface area contributed by atoms with Crippen LogP contribution in [0.1, 0.15) is 66.4 Å². The van der Waals surface area contributed by atoms with Gasteiger partial charge in [-0.15, -0.1) is 0 Å². The molecule has 1 aromatic rings. The highest BCUT2D eigenvalue weighted by atomic mass is 35.5. The van der Waals surface area contributed by atoms with Crippen LogP contribution in [-0.2, 0) is 39.8 Å². The second-order valence-electron chi connectivity index (χ2n) is 15.2. The molecule has 300 valence electrons. The SMILES string of the molecule is COc1cc2cc(c1Cl)N(C)C(=O)C[C@H](OC(=O)[C@H](C)N(C)C(=O)CCN(C)C(C)C)[C@]1(C)O[C@H]1[C@H](C)[C@@H]1C[C@@](O)(NC(=O)O1)[C@H](OC)/C=C/C=C(\C)C2. The molecular weight excluding hydrogens is 720 g/mol. The number of ether oxygens (including phenoxy) is 5. The maximum Gasteiger partial charge on any atom is 0.409 e.